The number of carbonyl (C=O) groups is 2. The zero-order valence-electron chi connectivity index (χ0n) is 12.3. The van der Waals surface area contributed by atoms with Crippen LogP contribution >= 0.6 is 0 Å². The molecule has 1 heterocycles. The number of rotatable bonds is 5. The van der Waals surface area contributed by atoms with Crippen molar-refractivity contribution >= 4 is 12.0 Å². The molecule has 5 heteroatoms. The van der Waals surface area contributed by atoms with Crippen molar-refractivity contribution in [3.63, 3.8) is 0 Å². The van der Waals surface area contributed by atoms with Gasteiger partial charge in [-0.05, 0) is 17.9 Å². The van der Waals surface area contributed by atoms with Crippen LogP contribution in [0.4, 0.5) is 4.79 Å². The summed E-state index contributed by atoms with van der Waals surface area (Å²) in [6, 6.07) is 8.84. The Hall–Kier alpha value is -2.04. The first-order valence-electron chi connectivity index (χ1n) is 7.42. The largest absolute Gasteiger partial charge is 0.481 e. The summed E-state index contributed by atoms with van der Waals surface area (Å²) < 4.78 is 0. The summed E-state index contributed by atoms with van der Waals surface area (Å²) in [6.07, 6.45) is 2.11. The molecule has 1 aliphatic heterocycles. The lowest BCUT2D eigenvalue weighted by Gasteiger charge is -2.19. The lowest BCUT2D eigenvalue weighted by atomic mass is 9.99. The minimum Gasteiger partial charge on any atom is -0.481 e. The molecule has 1 saturated heterocycles. The topological polar surface area (TPSA) is 69.6 Å². The molecule has 2 amide bonds. The van der Waals surface area contributed by atoms with Crippen LogP contribution in [-0.4, -0.2) is 41.6 Å². The number of benzene rings is 1. The van der Waals surface area contributed by atoms with Crippen molar-refractivity contribution < 1.29 is 14.7 Å². The summed E-state index contributed by atoms with van der Waals surface area (Å²) in [5, 5.41) is 12.1. The molecule has 0 bridgehead atoms. The molecule has 5 nitrogen and oxygen atoms in total. The molecule has 2 N–H and O–H groups in total. The van der Waals surface area contributed by atoms with Crippen molar-refractivity contribution in [2.75, 3.05) is 19.6 Å². The standard InChI is InChI=1S/C16H22N2O3/c1-2-12-8-9-18(11-12)16(21)17-10-14(15(19)20)13-6-4-3-5-7-13/h3-7,12,14H,2,8-11H2,1H3,(H,17,21)(H,19,20). The third-order valence-electron chi connectivity index (χ3n) is 4.11. The van der Waals surface area contributed by atoms with Crippen molar-refractivity contribution in [1.82, 2.24) is 10.2 Å². The van der Waals surface area contributed by atoms with E-state index in [-0.39, 0.29) is 12.6 Å². The van der Waals surface area contributed by atoms with Crippen molar-refractivity contribution in [3.05, 3.63) is 35.9 Å². The third-order valence-corrected chi connectivity index (χ3v) is 4.11. The first kappa shape index (κ1) is 15.4. The van der Waals surface area contributed by atoms with Crippen molar-refractivity contribution in [1.29, 1.82) is 0 Å². The van der Waals surface area contributed by atoms with Crippen LogP contribution in [0.1, 0.15) is 31.2 Å². The van der Waals surface area contributed by atoms with Gasteiger partial charge in [0.15, 0.2) is 0 Å². The van der Waals surface area contributed by atoms with E-state index in [9.17, 15) is 14.7 Å². The molecule has 21 heavy (non-hydrogen) atoms. The van der Waals surface area contributed by atoms with Gasteiger partial charge in [-0.15, -0.1) is 0 Å². The van der Waals surface area contributed by atoms with E-state index >= 15 is 0 Å². The molecular weight excluding hydrogens is 268 g/mol. The molecule has 1 aromatic rings. The van der Waals surface area contributed by atoms with Gasteiger partial charge in [0.05, 0.1) is 5.92 Å². The fourth-order valence-electron chi connectivity index (χ4n) is 2.68. The smallest absolute Gasteiger partial charge is 0.317 e. The Bertz CT molecular complexity index is 490. The molecule has 0 spiro atoms. The molecule has 2 rings (SSSR count). The predicted molar refractivity (Wildman–Crippen MR) is 80.2 cm³/mol. The van der Waals surface area contributed by atoms with E-state index in [1.807, 2.05) is 6.07 Å². The second kappa shape index (κ2) is 7.11. The molecule has 1 aliphatic rings. The maximum Gasteiger partial charge on any atom is 0.317 e. The number of urea groups is 1. The lowest BCUT2D eigenvalue weighted by Crippen LogP contribution is -2.41. The zero-order valence-corrected chi connectivity index (χ0v) is 12.3. The van der Waals surface area contributed by atoms with Gasteiger partial charge in [0.2, 0.25) is 0 Å². The Morgan fingerprint density at radius 1 is 1.38 bits per heavy atom. The SMILES string of the molecule is CCC1CCN(C(=O)NCC(C(=O)O)c2ccccc2)C1. The Morgan fingerprint density at radius 3 is 2.67 bits per heavy atom. The van der Waals surface area contributed by atoms with Gasteiger partial charge in [-0.25, -0.2) is 4.79 Å². The van der Waals surface area contributed by atoms with Crippen LogP contribution in [0.15, 0.2) is 30.3 Å². The van der Waals surface area contributed by atoms with E-state index in [0.717, 1.165) is 25.9 Å². The van der Waals surface area contributed by atoms with E-state index < -0.39 is 11.9 Å². The van der Waals surface area contributed by atoms with Gasteiger partial charge in [0.1, 0.15) is 0 Å². The number of hydrogen-bond donors (Lipinski definition) is 2. The monoisotopic (exact) mass is 290 g/mol. The summed E-state index contributed by atoms with van der Waals surface area (Å²) in [4.78, 5) is 25.2. The highest BCUT2D eigenvalue weighted by Crippen LogP contribution is 2.19. The molecule has 114 valence electrons. The van der Waals surface area contributed by atoms with Crippen LogP contribution in [0, 0.1) is 5.92 Å². The van der Waals surface area contributed by atoms with Crippen molar-refractivity contribution in [2.24, 2.45) is 5.92 Å². The number of aliphatic carboxylic acids is 1. The number of carbonyl (C=O) groups excluding carboxylic acids is 1. The third kappa shape index (κ3) is 3.97. The molecule has 0 radical (unpaired) electrons. The van der Waals surface area contributed by atoms with Gasteiger partial charge < -0.3 is 15.3 Å². The minimum absolute atomic E-state index is 0.117. The number of carboxylic acid groups (broad SMARTS) is 1. The fourth-order valence-corrected chi connectivity index (χ4v) is 2.68. The number of carboxylic acids is 1. The maximum atomic E-state index is 12.1. The first-order valence-corrected chi connectivity index (χ1v) is 7.42. The second-order valence-corrected chi connectivity index (χ2v) is 5.50. The van der Waals surface area contributed by atoms with Crippen molar-refractivity contribution in [2.45, 2.75) is 25.7 Å². The molecule has 0 aromatic heterocycles. The first-order chi connectivity index (χ1) is 10.1. The Labute approximate surface area is 125 Å². The molecular formula is C16H22N2O3. The highest BCUT2D eigenvalue weighted by atomic mass is 16.4. The lowest BCUT2D eigenvalue weighted by molar-refractivity contribution is -0.138. The molecule has 2 unspecified atom stereocenters. The summed E-state index contributed by atoms with van der Waals surface area (Å²) in [7, 11) is 0. The van der Waals surface area contributed by atoms with E-state index in [1.165, 1.54) is 0 Å². The number of nitrogens with zero attached hydrogens (tertiary/aromatic N) is 1. The minimum atomic E-state index is -0.922. The number of hydrogen-bond acceptors (Lipinski definition) is 2. The average molecular weight is 290 g/mol. The van der Waals surface area contributed by atoms with E-state index in [2.05, 4.69) is 12.2 Å². The Kier molecular flexibility index (Phi) is 5.20. The predicted octanol–water partition coefficient (Wildman–Crippen LogP) is 2.30. The summed E-state index contributed by atoms with van der Waals surface area (Å²) in [5.74, 6) is -1.06. The van der Waals surface area contributed by atoms with Gasteiger partial charge >= 0.3 is 12.0 Å². The molecule has 1 aromatic carbocycles. The van der Waals surface area contributed by atoms with Gasteiger partial charge in [-0.2, -0.15) is 0 Å². The number of nitrogens with one attached hydrogen (secondary N) is 1. The van der Waals surface area contributed by atoms with E-state index in [1.54, 1.807) is 29.2 Å². The normalized spacial score (nSPS) is 19.3. The van der Waals surface area contributed by atoms with Crippen LogP contribution < -0.4 is 5.32 Å². The summed E-state index contributed by atoms with van der Waals surface area (Å²) in [5.41, 5.74) is 0.707. The van der Waals surface area contributed by atoms with Gasteiger partial charge in [-0.1, -0.05) is 43.7 Å². The summed E-state index contributed by atoms with van der Waals surface area (Å²) in [6.45, 7) is 3.77. The summed E-state index contributed by atoms with van der Waals surface area (Å²) >= 11 is 0. The van der Waals surface area contributed by atoms with Crippen LogP contribution in [0.5, 0.6) is 0 Å². The quantitative estimate of drug-likeness (QED) is 0.874. The Balaban J connectivity index is 1.91. The second-order valence-electron chi connectivity index (χ2n) is 5.50. The maximum absolute atomic E-state index is 12.1. The molecule has 1 fully saturated rings. The van der Waals surface area contributed by atoms with Crippen LogP contribution in [0.25, 0.3) is 0 Å². The average Bonchev–Trinajstić information content (AvgIpc) is 2.97. The van der Waals surface area contributed by atoms with E-state index in [4.69, 9.17) is 0 Å². The van der Waals surface area contributed by atoms with E-state index in [0.29, 0.717) is 11.5 Å². The van der Waals surface area contributed by atoms with Gasteiger partial charge in [0.25, 0.3) is 0 Å². The zero-order chi connectivity index (χ0) is 15.2. The molecule has 0 aliphatic carbocycles. The number of likely N-dealkylation sites (tertiary alicyclic amines) is 1. The van der Waals surface area contributed by atoms with Gasteiger partial charge in [0, 0.05) is 19.6 Å². The molecule has 0 saturated carbocycles. The van der Waals surface area contributed by atoms with Gasteiger partial charge in [-0.3, -0.25) is 4.79 Å². The van der Waals surface area contributed by atoms with Crippen LogP contribution in [0.3, 0.4) is 0 Å². The van der Waals surface area contributed by atoms with Crippen LogP contribution in [0.2, 0.25) is 0 Å². The highest BCUT2D eigenvalue weighted by molar-refractivity contribution is 5.79. The number of amides is 2. The fraction of sp³-hybridized carbons (Fsp3) is 0.500. The van der Waals surface area contributed by atoms with Crippen LogP contribution in [-0.2, 0) is 4.79 Å². The van der Waals surface area contributed by atoms with Crippen molar-refractivity contribution in [3.8, 4) is 0 Å². The molecule has 2 atom stereocenters. The highest BCUT2D eigenvalue weighted by Gasteiger charge is 2.26. The Morgan fingerprint density at radius 2 is 2.10 bits per heavy atom.